The minimum Gasteiger partial charge on any atom is -0.504 e. The molecule has 0 atom stereocenters. The standard InChI is InChI=1S/C11H10ClN3O4S/c1-19-10-3-2-7(4-9(10)16)15-20(17,18)8-5-13-11(12)14-6-8/h2-6,15-16H,1H3. The first-order chi connectivity index (χ1) is 9.42. The molecule has 1 aromatic heterocycles. The molecule has 0 radical (unpaired) electrons. The molecule has 2 N–H and O–H groups in total. The molecule has 0 aliphatic rings. The normalized spacial score (nSPS) is 11.1. The van der Waals surface area contributed by atoms with Crippen molar-refractivity contribution in [1.29, 1.82) is 0 Å². The van der Waals surface area contributed by atoms with Crippen LogP contribution in [0.4, 0.5) is 5.69 Å². The van der Waals surface area contributed by atoms with Crippen LogP contribution in [0.15, 0.2) is 35.5 Å². The van der Waals surface area contributed by atoms with Crippen molar-refractivity contribution in [3.05, 3.63) is 35.9 Å². The molecule has 2 aromatic rings. The molecule has 0 aliphatic heterocycles. The number of halogens is 1. The first kappa shape index (κ1) is 14.4. The Morgan fingerprint density at radius 3 is 2.50 bits per heavy atom. The number of rotatable bonds is 4. The van der Waals surface area contributed by atoms with Crippen LogP contribution in [-0.2, 0) is 10.0 Å². The van der Waals surface area contributed by atoms with Gasteiger partial charge in [-0.1, -0.05) is 0 Å². The molecule has 0 unspecified atom stereocenters. The second-order valence-electron chi connectivity index (χ2n) is 3.68. The number of nitrogens with one attached hydrogen (secondary N) is 1. The van der Waals surface area contributed by atoms with Gasteiger partial charge in [0, 0.05) is 6.07 Å². The van der Waals surface area contributed by atoms with E-state index >= 15 is 0 Å². The van der Waals surface area contributed by atoms with Crippen molar-refractivity contribution in [3.8, 4) is 11.5 Å². The minimum absolute atomic E-state index is 0.0500. The van der Waals surface area contributed by atoms with Gasteiger partial charge in [-0.25, -0.2) is 18.4 Å². The van der Waals surface area contributed by atoms with E-state index in [0.717, 1.165) is 12.4 Å². The largest absolute Gasteiger partial charge is 0.504 e. The lowest BCUT2D eigenvalue weighted by molar-refractivity contribution is 0.373. The van der Waals surface area contributed by atoms with Crippen molar-refractivity contribution in [3.63, 3.8) is 0 Å². The smallest absolute Gasteiger partial charge is 0.264 e. The number of nitrogens with zero attached hydrogens (tertiary/aromatic N) is 2. The Morgan fingerprint density at radius 1 is 1.30 bits per heavy atom. The highest BCUT2D eigenvalue weighted by molar-refractivity contribution is 7.92. The van der Waals surface area contributed by atoms with Gasteiger partial charge in [0.25, 0.3) is 10.0 Å². The van der Waals surface area contributed by atoms with Gasteiger partial charge in [-0.05, 0) is 23.7 Å². The fourth-order valence-corrected chi connectivity index (χ4v) is 2.44. The topological polar surface area (TPSA) is 101 Å². The minimum atomic E-state index is -3.85. The number of sulfonamides is 1. The van der Waals surface area contributed by atoms with E-state index in [-0.39, 0.29) is 27.4 Å². The van der Waals surface area contributed by atoms with Gasteiger partial charge < -0.3 is 9.84 Å². The van der Waals surface area contributed by atoms with Crippen LogP contribution in [0.25, 0.3) is 0 Å². The second kappa shape index (κ2) is 5.51. The number of benzene rings is 1. The highest BCUT2D eigenvalue weighted by Gasteiger charge is 2.16. The molecule has 7 nitrogen and oxygen atoms in total. The van der Waals surface area contributed by atoms with Gasteiger partial charge in [-0.15, -0.1) is 0 Å². The number of ether oxygens (including phenoxy) is 1. The molecule has 1 heterocycles. The molecule has 0 saturated heterocycles. The fourth-order valence-electron chi connectivity index (χ4n) is 1.41. The van der Waals surface area contributed by atoms with E-state index in [1.54, 1.807) is 0 Å². The summed E-state index contributed by atoms with van der Waals surface area (Å²) in [4.78, 5) is 7.05. The second-order valence-corrected chi connectivity index (χ2v) is 5.70. The summed E-state index contributed by atoms with van der Waals surface area (Å²) in [6, 6.07) is 4.12. The zero-order valence-electron chi connectivity index (χ0n) is 10.2. The lowest BCUT2D eigenvalue weighted by atomic mass is 10.3. The van der Waals surface area contributed by atoms with E-state index in [2.05, 4.69) is 14.7 Å². The van der Waals surface area contributed by atoms with Crippen LogP contribution in [0.5, 0.6) is 11.5 Å². The van der Waals surface area contributed by atoms with Crippen molar-refractivity contribution in [2.45, 2.75) is 4.90 Å². The Hall–Kier alpha value is -2.06. The molecule has 106 valence electrons. The average molecular weight is 316 g/mol. The first-order valence-electron chi connectivity index (χ1n) is 5.30. The van der Waals surface area contributed by atoms with Gasteiger partial charge in [0.1, 0.15) is 4.90 Å². The van der Waals surface area contributed by atoms with Crippen molar-refractivity contribution < 1.29 is 18.3 Å². The van der Waals surface area contributed by atoms with Gasteiger partial charge in [0.2, 0.25) is 5.28 Å². The summed E-state index contributed by atoms with van der Waals surface area (Å²) in [5.41, 5.74) is 0.179. The first-order valence-corrected chi connectivity index (χ1v) is 7.16. The Bertz CT molecular complexity index is 719. The van der Waals surface area contributed by atoms with Gasteiger partial charge in [-0.2, -0.15) is 0 Å². The molecular formula is C11H10ClN3O4S. The molecule has 1 aromatic carbocycles. The van der Waals surface area contributed by atoms with Crippen molar-refractivity contribution >= 4 is 27.3 Å². The quantitative estimate of drug-likeness (QED) is 0.832. The zero-order valence-corrected chi connectivity index (χ0v) is 11.8. The summed E-state index contributed by atoms with van der Waals surface area (Å²) in [5, 5.41) is 9.54. The predicted molar refractivity (Wildman–Crippen MR) is 72.5 cm³/mol. The lowest BCUT2D eigenvalue weighted by Gasteiger charge is -2.09. The Labute approximate surface area is 120 Å². The maximum atomic E-state index is 12.0. The summed E-state index contributed by atoms with van der Waals surface area (Å²) in [6.45, 7) is 0. The maximum absolute atomic E-state index is 12.0. The monoisotopic (exact) mass is 315 g/mol. The molecule has 0 fully saturated rings. The average Bonchev–Trinajstić information content (AvgIpc) is 2.39. The van der Waals surface area contributed by atoms with E-state index in [0.29, 0.717) is 0 Å². The number of aromatic hydroxyl groups is 1. The Morgan fingerprint density at radius 2 is 1.95 bits per heavy atom. The molecular weight excluding hydrogens is 306 g/mol. The van der Waals surface area contributed by atoms with Crippen molar-refractivity contribution in [1.82, 2.24) is 9.97 Å². The van der Waals surface area contributed by atoms with Crippen molar-refractivity contribution in [2.24, 2.45) is 0 Å². The van der Waals surface area contributed by atoms with E-state index in [1.165, 1.54) is 25.3 Å². The maximum Gasteiger partial charge on any atom is 0.264 e. The Balaban J connectivity index is 2.28. The molecule has 0 bridgehead atoms. The van der Waals surface area contributed by atoms with Crippen LogP contribution < -0.4 is 9.46 Å². The van der Waals surface area contributed by atoms with Crippen LogP contribution in [0.2, 0.25) is 5.28 Å². The number of aromatic nitrogens is 2. The molecule has 20 heavy (non-hydrogen) atoms. The van der Waals surface area contributed by atoms with Gasteiger partial charge >= 0.3 is 0 Å². The zero-order chi connectivity index (χ0) is 14.8. The fraction of sp³-hybridized carbons (Fsp3) is 0.0909. The molecule has 0 saturated carbocycles. The highest BCUT2D eigenvalue weighted by atomic mass is 35.5. The van der Waals surface area contributed by atoms with E-state index in [9.17, 15) is 13.5 Å². The Kier molecular flexibility index (Phi) is 3.96. The van der Waals surface area contributed by atoms with Gasteiger partial charge in [-0.3, -0.25) is 4.72 Å². The molecule has 2 rings (SSSR count). The van der Waals surface area contributed by atoms with Crippen LogP contribution in [-0.4, -0.2) is 30.6 Å². The third-order valence-corrected chi connectivity index (χ3v) is 3.87. The van der Waals surface area contributed by atoms with Crippen LogP contribution in [0.3, 0.4) is 0 Å². The molecule has 0 amide bonds. The third-order valence-electron chi connectivity index (χ3n) is 2.34. The molecule has 0 spiro atoms. The number of anilines is 1. The number of phenols is 1. The van der Waals surface area contributed by atoms with E-state index in [1.807, 2.05) is 0 Å². The summed E-state index contributed by atoms with van der Waals surface area (Å²) < 4.78 is 31.2. The number of hydrogen-bond acceptors (Lipinski definition) is 6. The van der Waals surface area contributed by atoms with Crippen LogP contribution in [0, 0.1) is 0 Å². The lowest BCUT2D eigenvalue weighted by Crippen LogP contribution is -2.13. The molecule has 0 aliphatic carbocycles. The SMILES string of the molecule is COc1ccc(NS(=O)(=O)c2cnc(Cl)nc2)cc1O. The molecule has 9 heteroatoms. The number of hydrogen-bond donors (Lipinski definition) is 2. The van der Waals surface area contributed by atoms with Gasteiger partial charge in [0.15, 0.2) is 11.5 Å². The van der Waals surface area contributed by atoms with E-state index < -0.39 is 10.0 Å². The summed E-state index contributed by atoms with van der Waals surface area (Å²) in [5.74, 6) is 0.0582. The predicted octanol–water partition coefficient (Wildman–Crippen LogP) is 1.64. The van der Waals surface area contributed by atoms with E-state index in [4.69, 9.17) is 16.3 Å². The summed E-state index contributed by atoms with van der Waals surface area (Å²) in [6.07, 6.45) is 2.17. The van der Waals surface area contributed by atoms with Crippen LogP contribution in [0.1, 0.15) is 0 Å². The van der Waals surface area contributed by atoms with Crippen molar-refractivity contribution in [2.75, 3.05) is 11.8 Å². The summed E-state index contributed by atoms with van der Waals surface area (Å²) in [7, 11) is -2.46. The highest BCUT2D eigenvalue weighted by Crippen LogP contribution is 2.29. The number of methoxy groups -OCH3 is 1. The third kappa shape index (κ3) is 3.09. The van der Waals surface area contributed by atoms with Gasteiger partial charge in [0.05, 0.1) is 25.2 Å². The van der Waals surface area contributed by atoms with Crippen LogP contribution >= 0.6 is 11.6 Å². The number of phenolic OH excluding ortho intramolecular Hbond substituents is 1. The summed E-state index contributed by atoms with van der Waals surface area (Å²) >= 11 is 5.49.